The number of hydrogen-bond donors (Lipinski definition) is 1. The largest absolute Gasteiger partial charge is 0.452 e. The average molecular weight is 265 g/mol. The molecule has 0 fully saturated rings. The predicted octanol–water partition coefficient (Wildman–Crippen LogP) is 2.79. The first-order valence-electron chi connectivity index (χ1n) is 5.41. The van der Waals surface area contributed by atoms with Gasteiger partial charge in [-0.1, -0.05) is 12.1 Å². The molecule has 1 aromatic carbocycles. The number of carbonyl (C=O) groups excluding carboxylic acids is 1. The molecule has 0 unspecified atom stereocenters. The van der Waals surface area contributed by atoms with E-state index in [1.54, 1.807) is 30.1 Å². The van der Waals surface area contributed by atoms with Crippen LogP contribution >= 0.6 is 11.6 Å². The molecule has 0 aliphatic rings. The second-order valence-electron chi connectivity index (χ2n) is 4.01. The summed E-state index contributed by atoms with van der Waals surface area (Å²) >= 11 is 5.77. The van der Waals surface area contributed by atoms with E-state index < -0.39 is 0 Å². The highest BCUT2D eigenvalue weighted by atomic mass is 35.5. The van der Waals surface area contributed by atoms with Crippen LogP contribution in [0.25, 0.3) is 0 Å². The lowest BCUT2D eigenvalue weighted by molar-refractivity contribution is 0.0784. The van der Waals surface area contributed by atoms with Gasteiger partial charge in [0.15, 0.2) is 0 Å². The summed E-state index contributed by atoms with van der Waals surface area (Å²) in [5.41, 5.74) is 7.67. The van der Waals surface area contributed by atoms with Gasteiger partial charge in [-0.15, -0.1) is 0 Å². The third-order valence-corrected chi connectivity index (χ3v) is 2.89. The minimum atomic E-state index is -0.175. The lowest BCUT2D eigenvalue weighted by Crippen LogP contribution is -2.26. The fourth-order valence-electron chi connectivity index (χ4n) is 1.62. The van der Waals surface area contributed by atoms with E-state index in [2.05, 4.69) is 0 Å². The Balaban J connectivity index is 2.08. The van der Waals surface area contributed by atoms with E-state index in [4.69, 9.17) is 21.8 Å². The molecule has 5 heteroatoms. The van der Waals surface area contributed by atoms with Crippen LogP contribution < -0.4 is 5.73 Å². The van der Waals surface area contributed by atoms with Gasteiger partial charge in [-0.3, -0.25) is 4.79 Å². The van der Waals surface area contributed by atoms with Crippen LogP contribution in [0.2, 0.25) is 5.22 Å². The van der Waals surface area contributed by atoms with E-state index in [9.17, 15) is 4.79 Å². The number of nitrogens with zero attached hydrogens (tertiary/aromatic N) is 1. The summed E-state index contributed by atoms with van der Waals surface area (Å²) < 4.78 is 4.90. The Kier molecular flexibility index (Phi) is 3.58. The van der Waals surface area contributed by atoms with Crippen molar-refractivity contribution in [3.63, 3.8) is 0 Å². The van der Waals surface area contributed by atoms with E-state index in [-0.39, 0.29) is 11.1 Å². The molecule has 0 saturated carbocycles. The van der Waals surface area contributed by atoms with Crippen LogP contribution in [-0.4, -0.2) is 17.9 Å². The second kappa shape index (κ2) is 5.14. The van der Waals surface area contributed by atoms with Crippen LogP contribution in [0, 0.1) is 0 Å². The number of furan rings is 1. The molecule has 0 spiro atoms. The molecule has 0 bridgehead atoms. The molecule has 0 aliphatic heterocycles. The standard InChI is InChI=1S/C13H13ClN2O2/c1-16(8-9-2-4-10(15)5-3-9)13(17)11-6-7-18-12(11)14/h2-7H,8,15H2,1H3. The predicted molar refractivity (Wildman–Crippen MR) is 70.4 cm³/mol. The molecule has 2 N–H and O–H groups in total. The SMILES string of the molecule is CN(Cc1ccc(N)cc1)C(=O)c1ccoc1Cl. The molecule has 2 aromatic rings. The normalized spacial score (nSPS) is 10.3. The molecule has 0 saturated heterocycles. The molecule has 1 amide bonds. The van der Waals surface area contributed by atoms with Gasteiger partial charge in [-0.2, -0.15) is 0 Å². The highest BCUT2D eigenvalue weighted by Gasteiger charge is 2.17. The molecule has 18 heavy (non-hydrogen) atoms. The summed E-state index contributed by atoms with van der Waals surface area (Å²) in [5.74, 6) is -0.175. The quantitative estimate of drug-likeness (QED) is 0.867. The molecular formula is C13H13ClN2O2. The lowest BCUT2D eigenvalue weighted by atomic mass is 10.2. The van der Waals surface area contributed by atoms with Crippen molar-refractivity contribution in [3.8, 4) is 0 Å². The molecule has 1 heterocycles. The molecule has 0 atom stereocenters. The van der Waals surface area contributed by atoms with Gasteiger partial charge in [0.25, 0.3) is 5.91 Å². The van der Waals surface area contributed by atoms with Crippen molar-refractivity contribution in [3.05, 3.63) is 52.9 Å². The van der Waals surface area contributed by atoms with Crippen LogP contribution in [0.3, 0.4) is 0 Å². The first kappa shape index (κ1) is 12.5. The van der Waals surface area contributed by atoms with E-state index in [0.717, 1.165) is 5.56 Å². The number of carbonyl (C=O) groups is 1. The van der Waals surface area contributed by atoms with Crippen LogP contribution in [0.4, 0.5) is 5.69 Å². The molecule has 0 radical (unpaired) electrons. The monoisotopic (exact) mass is 264 g/mol. The first-order valence-corrected chi connectivity index (χ1v) is 5.78. The summed E-state index contributed by atoms with van der Waals surface area (Å²) in [7, 11) is 1.71. The van der Waals surface area contributed by atoms with E-state index in [0.29, 0.717) is 17.8 Å². The van der Waals surface area contributed by atoms with Crippen LogP contribution in [-0.2, 0) is 6.54 Å². The Hall–Kier alpha value is -1.94. The topological polar surface area (TPSA) is 59.5 Å². The van der Waals surface area contributed by atoms with Crippen LogP contribution in [0.1, 0.15) is 15.9 Å². The molecule has 1 aromatic heterocycles. The van der Waals surface area contributed by atoms with Crippen molar-refractivity contribution in [2.24, 2.45) is 0 Å². The Morgan fingerprint density at radius 3 is 2.56 bits per heavy atom. The number of benzene rings is 1. The zero-order valence-corrected chi connectivity index (χ0v) is 10.6. The first-order chi connectivity index (χ1) is 8.58. The van der Waals surface area contributed by atoms with Crippen LogP contribution in [0.15, 0.2) is 41.0 Å². The molecular weight excluding hydrogens is 252 g/mol. The Morgan fingerprint density at radius 1 is 1.33 bits per heavy atom. The van der Waals surface area contributed by atoms with E-state index in [1.807, 2.05) is 12.1 Å². The van der Waals surface area contributed by atoms with Gasteiger partial charge in [-0.25, -0.2) is 0 Å². The van der Waals surface area contributed by atoms with Gasteiger partial charge >= 0.3 is 0 Å². The maximum atomic E-state index is 12.1. The van der Waals surface area contributed by atoms with E-state index >= 15 is 0 Å². The maximum Gasteiger partial charge on any atom is 0.258 e. The summed E-state index contributed by atoms with van der Waals surface area (Å²) in [6.45, 7) is 0.487. The zero-order valence-electron chi connectivity index (χ0n) is 9.89. The fraction of sp³-hybridized carbons (Fsp3) is 0.154. The number of halogens is 1. The highest BCUT2D eigenvalue weighted by Crippen LogP contribution is 2.19. The third-order valence-electron chi connectivity index (χ3n) is 2.59. The number of rotatable bonds is 3. The smallest absolute Gasteiger partial charge is 0.258 e. The fourth-order valence-corrected chi connectivity index (χ4v) is 1.82. The Bertz CT molecular complexity index is 548. The summed E-state index contributed by atoms with van der Waals surface area (Å²) in [6, 6.07) is 8.94. The van der Waals surface area contributed by atoms with Crippen molar-refractivity contribution in [2.45, 2.75) is 6.54 Å². The number of hydrogen-bond acceptors (Lipinski definition) is 3. The van der Waals surface area contributed by atoms with Gasteiger partial charge in [-0.05, 0) is 35.4 Å². The van der Waals surface area contributed by atoms with E-state index in [1.165, 1.54) is 6.26 Å². The van der Waals surface area contributed by atoms with Gasteiger partial charge in [0.1, 0.15) is 0 Å². The molecule has 2 rings (SSSR count). The van der Waals surface area contributed by atoms with Crippen molar-refractivity contribution < 1.29 is 9.21 Å². The van der Waals surface area contributed by atoms with Crippen molar-refractivity contribution in [2.75, 3.05) is 12.8 Å². The van der Waals surface area contributed by atoms with Crippen molar-refractivity contribution >= 4 is 23.2 Å². The minimum absolute atomic E-state index is 0.115. The Labute approximate surface area is 110 Å². The molecule has 4 nitrogen and oxygen atoms in total. The summed E-state index contributed by atoms with van der Waals surface area (Å²) in [4.78, 5) is 13.6. The molecule has 94 valence electrons. The van der Waals surface area contributed by atoms with Crippen molar-refractivity contribution in [1.82, 2.24) is 4.90 Å². The van der Waals surface area contributed by atoms with Gasteiger partial charge < -0.3 is 15.1 Å². The van der Waals surface area contributed by atoms with Crippen LogP contribution in [0.5, 0.6) is 0 Å². The summed E-state index contributed by atoms with van der Waals surface area (Å²) in [5, 5.41) is 0.115. The third kappa shape index (κ3) is 2.65. The van der Waals surface area contributed by atoms with Gasteiger partial charge in [0.05, 0.1) is 11.8 Å². The van der Waals surface area contributed by atoms with Gasteiger partial charge in [0.2, 0.25) is 5.22 Å². The average Bonchev–Trinajstić information content (AvgIpc) is 2.77. The second-order valence-corrected chi connectivity index (χ2v) is 4.35. The Morgan fingerprint density at radius 2 is 2.00 bits per heavy atom. The minimum Gasteiger partial charge on any atom is -0.452 e. The molecule has 0 aliphatic carbocycles. The van der Waals surface area contributed by atoms with Crippen molar-refractivity contribution in [1.29, 1.82) is 0 Å². The maximum absolute atomic E-state index is 12.1. The lowest BCUT2D eigenvalue weighted by Gasteiger charge is -2.16. The summed E-state index contributed by atoms with van der Waals surface area (Å²) in [6.07, 6.45) is 1.40. The number of amides is 1. The number of nitrogens with two attached hydrogens (primary N) is 1. The zero-order chi connectivity index (χ0) is 13.1. The highest BCUT2D eigenvalue weighted by molar-refractivity contribution is 6.32. The number of anilines is 1. The number of nitrogen functional groups attached to an aromatic ring is 1. The van der Waals surface area contributed by atoms with Gasteiger partial charge in [0, 0.05) is 19.3 Å².